The first-order chi connectivity index (χ1) is 12.0. The molecular weight excluding hydrogens is 318 g/mol. The molecule has 2 aromatic heterocycles. The van der Waals surface area contributed by atoms with E-state index in [0.717, 1.165) is 25.7 Å². The highest BCUT2D eigenvalue weighted by Crippen LogP contribution is 2.39. The Kier molecular flexibility index (Phi) is 4.11. The van der Waals surface area contributed by atoms with Crippen molar-refractivity contribution in [3.05, 3.63) is 33.9 Å². The van der Waals surface area contributed by atoms with Gasteiger partial charge in [0, 0.05) is 35.6 Å². The summed E-state index contributed by atoms with van der Waals surface area (Å²) < 4.78 is 1.38. The van der Waals surface area contributed by atoms with Crippen molar-refractivity contribution in [2.24, 2.45) is 17.6 Å². The molecule has 2 atom stereocenters. The van der Waals surface area contributed by atoms with Crippen LogP contribution >= 0.6 is 0 Å². The van der Waals surface area contributed by atoms with E-state index < -0.39 is 0 Å². The van der Waals surface area contributed by atoms with Crippen LogP contribution in [0.3, 0.4) is 0 Å². The summed E-state index contributed by atoms with van der Waals surface area (Å²) in [4.78, 5) is 29.6. The van der Waals surface area contributed by atoms with Gasteiger partial charge in [0.25, 0.3) is 5.56 Å². The SMILES string of the molecule is Cc1nc2cc[nH]n2c(=O)c1CC(=O)NC1C2CCCC1CC(N)C2. The van der Waals surface area contributed by atoms with Gasteiger partial charge in [-0.25, -0.2) is 9.50 Å². The first-order valence-electron chi connectivity index (χ1n) is 9.13. The highest BCUT2D eigenvalue weighted by atomic mass is 16.2. The van der Waals surface area contributed by atoms with E-state index >= 15 is 0 Å². The van der Waals surface area contributed by atoms with E-state index in [2.05, 4.69) is 15.4 Å². The van der Waals surface area contributed by atoms with Crippen molar-refractivity contribution in [2.45, 2.75) is 57.5 Å². The first kappa shape index (κ1) is 16.3. The number of nitrogens with two attached hydrogens (primary N) is 1. The van der Waals surface area contributed by atoms with Gasteiger partial charge in [-0.2, -0.15) is 0 Å². The van der Waals surface area contributed by atoms with Crippen molar-refractivity contribution in [1.29, 1.82) is 0 Å². The monoisotopic (exact) mass is 343 g/mol. The number of fused-ring (bicyclic) bond motifs is 3. The molecule has 4 rings (SSSR count). The van der Waals surface area contributed by atoms with Crippen LogP contribution in [0.5, 0.6) is 0 Å². The predicted octanol–water partition coefficient (Wildman–Crippen LogP) is 0.896. The highest BCUT2D eigenvalue weighted by Gasteiger charge is 2.39. The first-order valence-corrected chi connectivity index (χ1v) is 9.13. The Labute approximate surface area is 146 Å². The quantitative estimate of drug-likeness (QED) is 0.770. The lowest BCUT2D eigenvalue weighted by Gasteiger charge is -2.45. The van der Waals surface area contributed by atoms with Gasteiger partial charge in [-0.1, -0.05) is 6.42 Å². The molecule has 0 spiro atoms. The van der Waals surface area contributed by atoms with E-state index in [-0.39, 0.29) is 30.0 Å². The minimum Gasteiger partial charge on any atom is -0.353 e. The number of aromatic nitrogens is 3. The van der Waals surface area contributed by atoms with Crippen molar-refractivity contribution < 1.29 is 4.79 Å². The summed E-state index contributed by atoms with van der Waals surface area (Å²) in [6.45, 7) is 1.78. The third-order valence-corrected chi connectivity index (χ3v) is 5.89. The van der Waals surface area contributed by atoms with E-state index in [1.165, 1.54) is 10.9 Å². The summed E-state index contributed by atoms with van der Waals surface area (Å²) >= 11 is 0. The third-order valence-electron chi connectivity index (χ3n) is 5.89. The fraction of sp³-hybridized carbons (Fsp3) is 0.611. The molecule has 2 saturated carbocycles. The zero-order valence-electron chi connectivity index (χ0n) is 14.5. The topological polar surface area (TPSA) is 105 Å². The molecule has 7 nitrogen and oxygen atoms in total. The van der Waals surface area contributed by atoms with Gasteiger partial charge in [0.1, 0.15) is 0 Å². The zero-order chi connectivity index (χ0) is 17.6. The minimum atomic E-state index is -0.200. The summed E-state index contributed by atoms with van der Waals surface area (Å²) in [7, 11) is 0. The molecule has 2 heterocycles. The molecular formula is C18H25N5O2. The van der Waals surface area contributed by atoms with Crippen molar-refractivity contribution in [1.82, 2.24) is 19.9 Å². The largest absolute Gasteiger partial charge is 0.353 e. The van der Waals surface area contributed by atoms with Gasteiger partial charge in [0.05, 0.1) is 6.42 Å². The molecule has 2 fully saturated rings. The Morgan fingerprint density at radius 3 is 2.84 bits per heavy atom. The number of aromatic amines is 1. The molecule has 134 valence electrons. The van der Waals surface area contributed by atoms with Crippen molar-refractivity contribution in [3.63, 3.8) is 0 Å². The van der Waals surface area contributed by atoms with Crippen molar-refractivity contribution in [2.75, 3.05) is 0 Å². The molecule has 1 amide bonds. The number of H-pyrrole nitrogens is 1. The highest BCUT2D eigenvalue weighted by molar-refractivity contribution is 5.79. The Hall–Kier alpha value is -2.15. The van der Waals surface area contributed by atoms with Crippen LogP contribution in [0.25, 0.3) is 5.65 Å². The molecule has 0 aromatic carbocycles. The molecule has 0 saturated heterocycles. The van der Waals surface area contributed by atoms with Crippen LogP contribution in [0.1, 0.15) is 43.4 Å². The molecule has 0 radical (unpaired) electrons. The number of hydrogen-bond acceptors (Lipinski definition) is 4. The summed E-state index contributed by atoms with van der Waals surface area (Å²) in [6.07, 6.45) is 7.20. The van der Waals surface area contributed by atoms with Crippen molar-refractivity contribution >= 4 is 11.6 Å². The number of carbonyl (C=O) groups excluding carboxylic acids is 1. The van der Waals surface area contributed by atoms with E-state index in [4.69, 9.17) is 5.73 Å². The molecule has 4 N–H and O–H groups in total. The van der Waals surface area contributed by atoms with Crippen LogP contribution < -0.4 is 16.6 Å². The Balaban J connectivity index is 1.52. The second kappa shape index (κ2) is 6.29. The van der Waals surface area contributed by atoms with Crippen LogP contribution in [-0.4, -0.2) is 32.6 Å². The second-order valence-electron chi connectivity index (χ2n) is 7.59. The fourth-order valence-electron chi connectivity index (χ4n) is 4.73. The van der Waals surface area contributed by atoms with Crippen LogP contribution in [0.4, 0.5) is 0 Å². The standard InChI is InChI=1S/C18H25N5O2/c1-10-14(18(25)23-15(21-10)5-6-20-23)9-16(24)22-17-11-3-2-4-12(17)8-13(19)7-11/h5-6,11-13,17,20H,2-4,7-9,19H2,1H3,(H,22,24). The number of rotatable bonds is 3. The maximum absolute atomic E-state index is 12.6. The van der Waals surface area contributed by atoms with Gasteiger partial charge < -0.3 is 11.1 Å². The molecule has 2 bridgehead atoms. The van der Waals surface area contributed by atoms with E-state index in [0.29, 0.717) is 28.7 Å². The molecule has 2 aliphatic rings. The lowest BCUT2D eigenvalue weighted by molar-refractivity contribution is -0.122. The third kappa shape index (κ3) is 2.97. The van der Waals surface area contributed by atoms with Gasteiger partial charge in [0.2, 0.25) is 5.91 Å². The van der Waals surface area contributed by atoms with Crippen molar-refractivity contribution in [3.8, 4) is 0 Å². The van der Waals surface area contributed by atoms with Gasteiger partial charge in [0.15, 0.2) is 5.65 Å². The molecule has 0 aliphatic heterocycles. The van der Waals surface area contributed by atoms with Gasteiger partial charge in [-0.15, -0.1) is 0 Å². The normalized spacial score (nSPS) is 28.9. The molecule has 25 heavy (non-hydrogen) atoms. The van der Waals surface area contributed by atoms with E-state index in [1.807, 2.05) is 0 Å². The Bertz CT molecular complexity index is 841. The van der Waals surface area contributed by atoms with Crippen LogP contribution in [0, 0.1) is 18.8 Å². The van der Waals surface area contributed by atoms with E-state index in [1.54, 1.807) is 19.2 Å². The van der Waals surface area contributed by atoms with Crippen LogP contribution in [0.2, 0.25) is 0 Å². The zero-order valence-corrected chi connectivity index (χ0v) is 14.5. The number of carbonyl (C=O) groups is 1. The molecule has 2 unspecified atom stereocenters. The maximum Gasteiger partial charge on any atom is 0.276 e. The average molecular weight is 343 g/mol. The summed E-state index contributed by atoms with van der Waals surface area (Å²) in [6, 6.07) is 2.20. The van der Waals surface area contributed by atoms with Gasteiger partial charge in [-0.3, -0.25) is 14.7 Å². The maximum atomic E-state index is 12.6. The average Bonchev–Trinajstić information content (AvgIpc) is 3.00. The number of amides is 1. The van der Waals surface area contributed by atoms with Gasteiger partial charge >= 0.3 is 0 Å². The molecule has 7 heteroatoms. The summed E-state index contributed by atoms with van der Waals surface area (Å²) in [5.74, 6) is 0.848. The van der Waals surface area contributed by atoms with Gasteiger partial charge in [-0.05, 0) is 44.4 Å². The number of nitrogens with zero attached hydrogens (tertiary/aromatic N) is 2. The Morgan fingerprint density at radius 1 is 1.40 bits per heavy atom. The van der Waals surface area contributed by atoms with Crippen LogP contribution in [0.15, 0.2) is 17.1 Å². The fourth-order valence-corrected chi connectivity index (χ4v) is 4.73. The number of nitrogens with one attached hydrogen (secondary N) is 2. The molecule has 2 aliphatic carbocycles. The second-order valence-corrected chi connectivity index (χ2v) is 7.59. The minimum absolute atomic E-state index is 0.0711. The Morgan fingerprint density at radius 2 is 2.12 bits per heavy atom. The smallest absolute Gasteiger partial charge is 0.276 e. The lowest BCUT2D eigenvalue weighted by Crippen LogP contribution is -2.54. The molecule has 2 aromatic rings. The number of aryl methyl sites for hydroxylation is 1. The van der Waals surface area contributed by atoms with Crippen LogP contribution in [-0.2, 0) is 11.2 Å². The summed E-state index contributed by atoms with van der Waals surface area (Å²) in [5, 5.41) is 6.05. The predicted molar refractivity (Wildman–Crippen MR) is 94.2 cm³/mol. The summed E-state index contributed by atoms with van der Waals surface area (Å²) in [5.41, 5.74) is 7.60. The lowest BCUT2D eigenvalue weighted by atomic mass is 9.67. The number of hydrogen-bond donors (Lipinski definition) is 3. The van der Waals surface area contributed by atoms with E-state index in [9.17, 15) is 9.59 Å².